The molecule has 0 unspecified atom stereocenters. The first-order valence-electron chi connectivity index (χ1n) is 9.25. The van der Waals surface area contributed by atoms with Gasteiger partial charge in [-0.1, -0.05) is 6.07 Å². The summed E-state index contributed by atoms with van der Waals surface area (Å²) in [7, 11) is -3.62. The Labute approximate surface area is 168 Å². The van der Waals surface area contributed by atoms with Crippen LogP contribution < -0.4 is 5.32 Å². The molecule has 0 atom stereocenters. The van der Waals surface area contributed by atoms with Gasteiger partial charge in [-0.2, -0.15) is 4.31 Å². The van der Waals surface area contributed by atoms with Gasteiger partial charge in [0.15, 0.2) is 5.76 Å². The molecule has 1 saturated heterocycles. The van der Waals surface area contributed by atoms with Crippen LogP contribution in [0.25, 0.3) is 11.0 Å². The third kappa shape index (κ3) is 3.89. The Bertz CT molecular complexity index is 1140. The highest BCUT2D eigenvalue weighted by atomic mass is 32.2. The van der Waals surface area contributed by atoms with Crippen molar-refractivity contribution < 1.29 is 22.4 Å². The Morgan fingerprint density at radius 2 is 2.03 bits per heavy atom. The van der Waals surface area contributed by atoms with Gasteiger partial charge in [0.2, 0.25) is 10.0 Å². The summed E-state index contributed by atoms with van der Waals surface area (Å²) < 4.78 is 38.1. The van der Waals surface area contributed by atoms with Crippen molar-refractivity contribution in [3.05, 3.63) is 59.6 Å². The lowest BCUT2D eigenvalue weighted by Gasteiger charge is -2.26. The second-order valence-electron chi connectivity index (χ2n) is 6.77. The first-order valence-corrected chi connectivity index (χ1v) is 10.7. The number of ether oxygens (including phenoxy) is 1. The third-order valence-corrected chi connectivity index (χ3v) is 6.79. The van der Waals surface area contributed by atoms with E-state index >= 15 is 0 Å². The minimum absolute atomic E-state index is 0.171. The average molecular weight is 415 g/mol. The molecule has 0 spiro atoms. The monoisotopic (exact) mass is 415 g/mol. The van der Waals surface area contributed by atoms with Gasteiger partial charge in [-0.25, -0.2) is 8.42 Å². The van der Waals surface area contributed by atoms with Gasteiger partial charge in [0.25, 0.3) is 5.91 Å². The van der Waals surface area contributed by atoms with Crippen LogP contribution in [-0.2, 0) is 21.3 Å². The zero-order valence-electron chi connectivity index (χ0n) is 15.9. The maximum atomic E-state index is 12.9. The maximum absolute atomic E-state index is 12.9. The lowest BCUT2D eigenvalue weighted by Crippen LogP contribution is -2.40. The zero-order chi connectivity index (χ0) is 20.4. The standard InChI is InChI=1S/C20H21N3O5S/c1-14-17-11-16(29(25,26)23-7-9-27-10-8-23)4-5-18(17)28-19(14)20(24)22-13-15-3-2-6-21-12-15/h2-6,11-12H,7-10,13H2,1H3,(H,22,24). The van der Waals surface area contributed by atoms with Crippen molar-refractivity contribution in [2.75, 3.05) is 26.3 Å². The van der Waals surface area contributed by atoms with E-state index in [9.17, 15) is 13.2 Å². The number of rotatable bonds is 5. The maximum Gasteiger partial charge on any atom is 0.287 e. The molecule has 4 rings (SSSR count). The molecule has 1 aliphatic heterocycles. The number of carbonyl (C=O) groups is 1. The molecule has 0 aliphatic carbocycles. The quantitative estimate of drug-likeness (QED) is 0.685. The second kappa shape index (κ2) is 7.94. The number of sulfonamides is 1. The van der Waals surface area contributed by atoms with Gasteiger partial charge in [-0.05, 0) is 36.8 Å². The summed E-state index contributed by atoms with van der Waals surface area (Å²) >= 11 is 0. The van der Waals surface area contributed by atoms with E-state index in [1.54, 1.807) is 37.5 Å². The van der Waals surface area contributed by atoms with Gasteiger partial charge in [0.1, 0.15) is 5.58 Å². The summed E-state index contributed by atoms with van der Waals surface area (Å²) in [6.07, 6.45) is 3.34. The number of nitrogens with one attached hydrogen (secondary N) is 1. The molecular weight excluding hydrogens is 394 g/mol. The lowest BCUT2D eigenvalue weighted by molar-refractivity contribution is 0.0730. The first kappa shape index (κ1) is 19.6. The van der Waals surface area contributed by atoms with Gasteiger partial charge in [-0.15, -0.1) is 0 Å². The highest BCUT2D eigenvalue weighted by molar-refractivity contribution is 7.89. The Hall–Kier alpha value is -2.75. The second-order valence-corrected chi connectivity index (χ2v) is 8.71. The number of morpholine rings is 1. The molecule has 0 saturated carbocycles. The number of aryl methyl sites for hydroxylation is 1. The number of amides is 1. The fourth-order valence-corrected chi connectivity index (χ4v) is 4.71. The number of hydrogen-bond donors (Lipinski definition) is 1. The minimum Gasteiger partial charge on any atom is -0.451 e. The van der Waals surface area contributed by atoms with Crippen molar-refractivity contribution in [3.8, 4) is 0 Å². The van der Waals surface area contributed by atoms with Gasteiger partial charge < -0.3 is 14.5 Å². The van der Waals surface area contributed by atoms with Crippen LogP contribution in [0.1, 0.15) is 21.7 Å². The zero-order valence-corrected chi connectivity index (χ0v) is 16.7. The molecule has 1 amide bonds. The van der Waals surface area contributed by atoms with Crippen molar-refractivity contribution >= 4 is 26.9 Å². The highest BCUT2D eigenvalue weighted by Crippen LogP contribution is 2.29. The summed E-state index contributed by atoms with van der Waals surface area (Å²) in [6, 6.07) is 8.32. The molecule has 152 valence electrons. The largest absolute Gasteiger partial charge is 0.451 e. The van der Waals surface area contributed by atoms with E-state index in [4.69, 9.17) is 9.15 Å². The Balaban J connectivity index is 1.59. The third-order valence-electron chi connectivity index (χ3n) is 4.90. The number of fused-ring (bicyclic) bond motifs is 1. The van der Waals surface area contributed by atoms with Crippen LogP contribution in [0.3, 0.4) is 0 Å². The minimum atomic E-state index is -3.62. The van der Waals surface area contributed by atoms with Crippen LogP contribution in [0.5, 0.6) is 0 Å². The predicted molar refractivity (Wildman–Crippen MR) is 106 cm³/mol. The number of pyridine rings is 1. The van der Waals surface area contributed by atoms with Gasteiger partial charge in [0, 0.05) is 43.0 Å². The van der Waals surface area contributed by atoms with Crippen molar-refractivity contribution in [1.82, 2.24) is 14.6 Å². The summed E-state index contributed by atoms with van der Waals surface area (Å²) in [4.78, 5) is 16.8. The van der Waals surface area contributed by atoms with Gasteiger partial charge in [-0.3, -0.25) is 9.78 Å². The molecule has 0 radical (unpaired) electrons. The van der Waals surface area contributed by atoms with Gasteiger partial charge in [0.05, 0.1) is 18.1 Å². The van der Waals surface area contributed by atoms with Crippen molar-refractivity contribution in [2.45, 2.75) is 18.4 Å². The van der Waals surface area contributed by atoms with Crippen LogP contribution in [0, 0.1) is 6.92 Å². The summed E-state index contributed by atoms with van der Waals surface area (Å²) in [5, 5.41) is 3.40. The number of aromatic nitrogens is 1. The van der Waals surface area contributed by atoms with Crippen LogP contribution >= 0.6 is 0 Å². The first-order chi connectivity index (χ1) is 14.0. The fourth-order valence-electron chi connectivity index (χ4n) is 3.28. The van der Waals surface area contributed by atoms with E-state index in [0.717, 1.165) is 5.56 Å². The normalized spacial score (nSPS) is 15.5. The summed E-state index contributed by atoms with van der Waals surface area (Å²) in [5.41, 5.74) is 1.94. The molecule has 1 N–H and O–H groups in total. The Kier molecular flexibility index (Phi) is 5.35. The molecule has 8 nitrogen and oxygen atoms in total. The van der Waals surface area contributed by atoms with E-state index < -0.39 is 10.0 Å². The molecule has 3 heterocycles. The molecule has 29 heavy (non-hydrogen) atoms. The van der Waals surface area contributed by atoms with E-state index in [0.29, 0.717) is 49.4 Å². The van der Waals surface area contributed by atoms with Crippen LogP contribution in [0.15, 0.2) is 52.0 Å². The molecule has 1 aliphatic rings. The highest BCUT2D eigenvalue weighted by Gasteiger charge is 2.27. The predicted octanol–water partition coefficient (Wildman–Crippen LogP) is 2.09. The van der Waals surface area contributed by atoms with E-state index in [-0.39, 0.29) is 16.6 Å². The lowest BCUT2D eigenvalue weighted by atomic mass is 10.1. The molecule has 1 fully saturated rings. The van der Waals surface area contributed by atoms with Crippen LogP contribution in [-0.4, -0.2) is 49.9 Å². The van der Waals surface area contributed by atoms with Gasteiger partial charge >= 0.3 is 0 Å². The van der Waals surface area contributed by atoms with Crippen molar-refractivity contribution in [2.24, 2.45) is 0 Å². The molecule has 2 aromatic heterocycles. The Morgan fingerprint density at radius 3 is 2.76 bits per heavy atom. The fraction of sp³-hybridized carbons (Fsp3) is 0.300. The topological polar surface area (TPSA) is 102 Å². The van der Waals surface area contributed by atoms with E-state index in [1.807, 2.05) is 6.07 Å². The smallest absolute Gasteiger partial charge is 0.287 e. The number of hydrogen-bond acceptors (Lipinski definition) is 6. The number of carbonyl (C=O) groups excluding carboxylic acids is 1. The molecule has 9 heteroatoms. The molecule has 1 aromatic carbocycles. The summed E-state index contributed by atoms with van der Waals surface area (Å²) in [6.45, 7) is 3.48. The molecule has 0 bridgehead atoms. The van der Waals surface area contributed by atoms with E-state index in [2.05, 4.69) is 10.3 Å². The SMILES string of the molecule is Cc1c(C(=O)NCc2cccnc2)oc2ccc(S(=O)(=O)N3CCOCC3)cc12. The Morgan fingerprint density at radius 1 is 1.24 bits per heavy atom. The molecule has 3 aromatic rings. The number of furan rings is 1. The van der Waals surface area contributed by atoms with Crippen LogP contribution in [0.4, 0.5) is 0 Å². The van der Waals surface area contributed by atoms with E-state index in [1.165, 1.54) is 10.4 Å². The number of nitrogens with zero attached hydrogens (tertiary/aromatic N) is 2. The van der Waals surface area contributed by atoms with Crippen molar-refractivity contribution in [1.29, 1.82) is 0 Å². The summed E-state index contributed by atoms with van der Waals surface area (Å²) in [5.74, 6) is -0.190. The number of benzene rings is 1. The average Bonchev–Trinajstić information content (AvgIpc) is 3.09. The van der Waals surface area contributed by atoms with Crippen molar-refractivity contribution in [3.63, 3.8) is 0 Å². The van der Waals surface area contributed by atoms with Crippen LogP contribution in [0.2, 0.25) is 0 Å². The molecular formula is C20H21N3O5S.